The Bertz CT molecular complexity index is 829. The molecule has 3 amide bonds. The van der Waals surface area contributed by atoms with Crippen molar-refractivity contribution in [3.63, 3.8) is 0 Å². The molecule has 29 heavy (non-hydrogen) atoms. The summed E-state index contributed by atoms with van der Waals surface area (Å²) in [5.41, 5.74) is 0.961. The number of urea groups is 1. The third-order valence-corrected chi connectivity index (χ3v) is 5.74. The summed E-state index contributed by atoms with van der Waals surface area (Å²) in [6, 6.07) is 4.70. The molecule has 0 bridgehead atoms. The third kappa shape index (κ3) is 7.49. The predicted octanol–water partition coefficient (Wildman–Crippen LogP) is 5.81. The van der Waals surface area contributed by atoms with Crippen LogP contribution in [0.2, 0.25) is 10.0 Å². The molecule has 2 aromatic rings. The second-order valence-corrected chi connectivity index (χ2v) is 8.33. The minimum Gasteiger partial charge on any atom is -0.351 e. The number of carbonyl (C=O) groups is 2. The molecule has 0 radical (unpaired) electrons. The molecule has 1 heterocycles. The van der Waals surface area contributed by atoms with E-state index in [4.69, 9.17) is 23.2 Å². The van der Waals surface area contributed by atoms with Crippen LogP contribution < -0.4 is 10.6 Å². The Morgan fingerprint density at radius 3 is 2.59 bits per heavy atom. The molecule has 158 valence electrons. The molecule has 2 N–H and O–H groups in total. The normalized spacial score (nSPS) is 10.6. The molecule has 1 aromatic carbocycles. The first-order valence-corrected chi connectivity index (χ1v) is 11.3. The summed E-state index contributed by atoms with van der Waals surface area (Å²) in [4.78, 5) is 31.0. The number of nitrogens with one attached hydrogen (secondary N) is 2. The van der Waals surface area contributed by atoms with Gasteiger partial charge in [-0.05, 0) is 31.0 Å². The Morgan fingerprint density at radius 2 is 1.90 bits per heavy atom. The summed E-state index contributed by atoms with van der Waals surface area (Å²) >= 11 is 13.3. The summed E-state index contributed by atoms with van der Waals surface area (Å²) in [6.07, 6.45) is 3.77. The maximum absolute atomic E-state index is 12.8. The van der Waals surface area contributed by atoms with E-state index >= 15 is 0 Å². The zero-order valence-electron chi connectivity index (χ0n) is 16.6. The Balaban J connectivity index is 2.03. The number of nitrogens with zero attached hydrogens (tertiary/aromatic N) is 2. The van der Waals surface area contributed by atoms with Crippen molar-refractivity contribution in [2.75, 3.05) is 18.4 Å². The van der Waals surface area contributed by atoms with Crippen molar-refractivity contribution in [1.82, 2.24) is 15.2 Å². The zero-order valence-corrected chi connectivity index (χ0v) is 19.0. The monoisotopic (exact) mass is 456 g/mol. The molecule has 6 nitrogen and oxygen atoms in total. The second kappa shape index (κ2) is 12.0. The Labute approximate surface area is 185 Å². The average molecular weight is 457 g/mol. The minimum atomic E-state index is -0.249. The van der Waals surface area contributed by atoms with E-state index in [1.807, 2.05) is 0 Å². The molecular weight excluding hydrogens is 431 g/mol. The maximum Gasteiger partial charge on any atom is 0.322 e. The van der Waals surface area contributed by atoms with E-state index in [0.29, 0.717) is 46.1 Å². The molecule has 0 aliphatic rings. The minimum absolute atomic E-state index is 0.179. The van der Waals surface area contributed by atoms with Crippen LogP contribution in [-0.4, -0.2) is 34.9 Å². The van der Waals surface area contributed by atoms with Crippen LogP contribution in [0, 0.1) is 0 Å². The van der Waals surface area contributed by atoms with E-state index in [1.54, 1.807) is 28.5 Å². The highest BCUT2D eigenvalue weighted by molar-refractivity contribution is 7.09. The van der Waals surface area contributed by atoms with Crippen molar-refractivity contribution in [2.24, 2.45) is 0 Å². The van der Waals surface area contributed by atoms with Gasteiger partial charge in [0.25, 0.3) is 5.91 Å². The van der Waals surface area contributed by atoms with E-state index in [9.17, 15) is 9.59 Å². The van der Waals surface area contributed by atoms with Gasteiger partial charge in [0.1, 0.15) is 10.7 Å². The van der Waals surface area contributed by atoms with Crippen molar-refractivity contribution >= 4 is 52.2 Å². The molecule has 0 saturated carbocycles. The molecule has 0 atom stereocenters. The number of carbonyl (C=O) groups excluding carboxylic acids is 2. The number of unbranched alkanes of at least 4 members (excludes halogenated alkanes) is 2. The molecule has 0 saturated heterocycles. The van der Waals surface area contributed by atoms with Crippen LogP contribution in [0.5, 0.6) is 0 Å². The van der Waals surface area contributed by atoms with Gasteiger partial charge in [-0.2, -0.15) is 0 Å². The van der Waals surface area contributed by atoms with E-state index in [1.165, 1.54) is 11.3 Å². The van der Waals surface area contributed by atoms with Gasteiger partial charge in [0, 0.05) is 24.2 Å². The molecule has 0 aliphatic heterocycles. The fourth-order valence-electron chi connectivity index (χ4n) is 2.50. The molecule has 9 heteroatoms. The number of hydrogen-bond acceptors (Lipinski definition) is 4. The molecule has 0 fully saturated rings. The summed E-state index contributed by atoms with van der Waals surface area (Å²) in [5.74, 6) is -0.179. The maximum atomic E-state index is 12.8. The molecule has 1 aromatic heterocycles. The standard InChI is InChI=1S/C20H26Cl2N4O2S/c1-3-5-9-23-19(27)17-13-29-18(25-17)12-26(10-6-4-2)20(28)24-14-7-8-15(21)16(22)11-14/h7-8,11,13H,3-6,9-10,12H2,1-2H3,(H,23,27)(H,24,28). The molecule has 0 unspecified atom stereocenters. The summed E-state index contributed by atoms with van der Waals surface area (Å²) in [6.45, 7) is 5.69. The topological polar surface area (TPSA) is 74.3 Å². The van der Waals surface area contributed by atoms with Crippen molar-refractivity contribution in [3.8, 4) is 0 Å². The van der Waals surface area contributed by atoms with E-state index in [0.717, 1.165) is 25.7 Å². The zero-order chi connectivity index (χ0) is 21.2. The largest absolute Gasteiger partial charge is 0.351 e. The Hall–Kier alpha value is -1.83. The summed E-state index contributed by atoms with van der Waals surface area (Å²) in [5, 5.41) is 8.95. The van der Waals surface area contributed by atoms with E-state index < -0.39 is 0 Å². The van der Waals surface area contributed by atoms with Crippen LogP contribution in [0.4, 0.5) is 10.5 Å². The number of rotatable bonds is 10. The highest BCUT2D eigenvalue weighted by Gasteiger charge is 2.18. The van der Waals surface area contributed by atoms with Crippen molar-refractivity contribution in [2.45, 2.75) is 46.1 Å². The average Bonchev–Trinajstić information content (AvgIpc) is 3.16. The van der Waals surface area contributed by atoms with Crippen molar-refractivity contribution in [1.29, 1.82) is 0 Å². The summed E-state index contributed by atoms with van der Waals surface area (Å²) < 4.78 is 0. The Morgan fingerprint density at radius 1 is 1.14 bits per heavy atom. The van der Waals surface area contributed by atoms with Crippen LogP contribution in [0.25, 0.3) is 0 Å². The lowest BCUT2D eigenvalue weighted by Gasteiger charge is -2.22. The van der Waals surface area contributed by atoms with E-state index in [-0.39, 0.29) is 11.9 Å². The predicted molar refractivity (Wildman–Crippen MR) is 120 cm³/mol. The lowest BCUT2D eigenvalue weighted by Crippen LogP contribution is -2.35. The van der Waals surface area contributed by atoms with Gasteiger partial charge in [-0.3, -0.25) is 4.79 Å². The van der Waals surface area contributed by atoms with Gasteiger partial charge in [-0.1, -0.05) is 49.9 Å². The van der Waals surface area contributed by atoms with Crippen molar-refractivity contribution in [3.05, 3.63) is 44.3 Å². The Kier molecular flexibility index (Phi) is 9.70. The van der Waals surface area contributed by atoms with Gasteiger partial charge in [0.15, 0.2) is 0 Å². The molecule has 0 spiro atoms. The molecule has 0 aliphatic carbocycles. The lowest BCUT2D eigenvalue weighted by molar-refractivity contribution is 0.0948. The number of benzene rings is 1. The summed E-state index contributed by atoms with van der Waals surface area (Å²) in [7, 11) is 0. The van der Waals surface area contributed by atoms with Gasteiger partial charge in [0.05, 0.1) is 16.6 Å². The third-order valence-electron chi connectivity index (χ3n) is 4.17. The first kappa shape index (κ1) is 23.4. The smallest absolute Gasteiger partial charge is 0.322 e. The highest BCUT2D eigenvalue weighted by atomic mass is 35.5. The first-order chi connectivity index (χ1) is 13.9. The second-order valence-electron chi connectivity index (χ2n) is 6.57. The number of anilines is 1. The molecular formula is C20H26Cl2N4O2S. The van der Waals surface area contributed by atoms with Crippen LogP contribution >= 0.6 is 34.5 Å². The number of halogens is 2. The number of aromatic nitrogens is 1. The van der Waals surface area contributed by atoms with E-state index in [2.05, 4.69) is 29.5 Å². The fraction of sp³-hybridized carbons (Fsp3) is 0.450. The fourth-order valence-corrected chi connectivity index (χ4v) is 3.59. The van der Waals surface area contributed by atoms with Crippen LogP contribution in [0.15, 0.2) is 23.6 Å². The van der Waals surface area contributed by atoms with Gasteiger partial charge in [-0.15, -0.1) is 11.3 Å². The number of hydrogen-bond donors (Lipinski definition) is 2. The van der Waals surface area contributed by atoms with Crippen LogP contribution in [0.1, 0.15) is 55.0 Å². The van der Waals surface area contributed by atoms with Crippen molar-refractivity contribution < 1.29 is 9.59 Å². The van der Waals surface area contributed by atoms with Gasteiger partial charge < -0.3 is 15.5 Å². The lowest BCUT2D eigenvalue weighted by atomic mass is 10.3. The van der Waals surface area contributed by atoms with Crippen LogP contribution in [0.3, 0.4) is 0 Å². The first-order valence-electron chi connectivity index (χ1n) is 9.68. The molecule has 2 rings (SSSR count). The van der Waals surface area contributed by atoms with Gasteiger partial charge in [-0.25, -0.2) is 9.78 Å². The number of amides is 3. The van der Waals surface area contributed by atoms with Crippen LogP contribution in [-0.2, 0) is 6.54 Å². The van der Waals surface area contributed by atoms with Gasteiger partial charge in [0.2, 0.25) is 0 Å². The SMILES string of the molecule is CCCCNC(=O)c1csc(CN(CCCC)C(=O)Nc2ccc(Cl)c(Cl)c2)n1. The highest BCUT2D eigenvalue weighted by Crippen LogP contribution is 2.25. The van der Waals surface area contributed by atoms with Gasteiger partial charge >= 0.3 is 6.03 Å². The quantitative estimate of drug-likeness (QED) is 0.442. The number of thiazole rings is 1.